The minimum Gasteiger partial charge on any atom is -0.497 e. The number of aromatic amines is 1. The van der Waals surface area contributed by atoms with Crippen LogP contribution in [0.2, 0.25) is 0 Å². The summed E-state index contributed by atoms with van der Waals surface area (Å²) >= 11 is 0. The summed E-state index contributed by atoms with van der Waals surface area (Å²) in [7, 11) is 3.27. The highest BCUT2D eigenvalue weighted by molar-refractivity contribution is 5.81. The predicted octanol–water partition coefficient (Wildman–Crippen LogP) is 3.32. The lowest BCUT2D eigenvalue weighted by atomic mass is 10.2. The second kappa shape index (κ2) is 5.13. The Bertz CT molecular complexity index is 737. The number of rotatable bonds is 4. The van der Waals surface area contributed by atoms with Crippen LogP contribution < -0.4 is 14.8 Å². The molecule has 2 N–H and O–H groups in total. The zero-order valence-electron chi connectivity index (χ0n) is 11.3. The fraction of sp³-hybridized carbons (Fsp3) is 0.133. The van der Waals surface area contributed by atoms with Gasteiger partial charge in [0.1, 0.15) is 11.5 Å². The van der Waals surface area contributed by atoms with Gasteiger partial charge in [-0.15, -0.1) is 0 Å². The smallest absolute Gasteiger partial charge is 0.145 e. The topological polar surface area (TPSA) is 59.2 Å². The van der Waals surface area contributed by atoms with Crippen LogP contribution >= 0.6 is 0 Å². The molecule has 0 spiro atoms. The molecular weight excluding hydrogens is 254 g/mol. The standard InChI is InChI=1S/C15H15N3O2/c1-19-11-4-6-13(15(8-11)20-2)18-10-3-5-12-14(7-10)17-9-16-12/h3-9,18H,1-2H3,(H,16,17). The molecule has 3 rings (SSSR count). The second-order valence-electron chi connectivity index (χ2n) is 4.33. The van der Waals surface area contributed by atoms with Crippen molar-refractivity contribution in [3.63, 3.8) is 0 Å². The average Bonchev–Trinajstić information content (AvgIpc) is 2.95. The van der Waals surface area contributed by atoms with Gasteiger partial charge in [-0.3, -0.25) is 0 Å². The maximum atomic E-state index is 5.37. The number of H-pyrrole nitrogens is 1. The Hall–Kier alpha value is -2.69. The number of hydrogen-bond donors (Lipinski definition) is 2. The van der Waals surface area contributed by atoms with Crippen LogP contribution in [0.15, 0.2) is 42.7 Å². The molecule has 0 aliphatic carbocycles. The highest BCUT2D eigenvalue weighted by Crippen LogP contribution is 2.31. The summed E-state index contributed by atoms with van der Waals surface area (Å²) in [5.74, 6) is 1.49. The van der Waals surface area contributed by atoms with E-state index in [-0.39, 0.29) is 0 Å². The Morgan fingerprint density at radius 3 is 2.75 bits per heavy atom. The average molecular weight is 269 g/mol. The summed E-state index contributed by atoms with van der Waals surface area (Å²) in [6.45, 7) is 0. The van der Waals surface area contributed by atoms with Gasteiger partial charge in [0.2, 0.25) is 0 Å². The SMILES string of the molecule is COc1ccc(Nc2ccc3nc[nH]c3c2)c(OC)c1. The summed E-state index contributed by atoms with van der Waals surface area (Å²) in [5.41, 5.74) is 3.78. The zero-order chi connectivity index (χ0) is 13.9. The van der Waals surface area contributed by atoms with Crippen molar-refractivity contribution >= 4 is 22.4 Å². The number of ether oxygens (including phenoxy) is 2. The van der Waals surface area contributed by atoms with E-state index in [1.165, 1.54) is 0 Å². The Morgan fingerprint density at radius 2 is 1.95 bits per heavy atom. The minimum absolute atomic E-state index is 0.731. The monoisotopic (exact) mass is 269 g/mol. The Labute approximate surface area is 116 Å². The van der Waals surface area contributed by atoms with Crippen LogP contribution in [0.4, 0.5) is 11.4 Å². The van der Waals surface area contributed by atoms with Gasteiger partial charge in [0.25, 0.3) is 0 Å². The molecule has 102 valence electrons. The molecule has 0 bridgehead atoms. The molecular formula is C15H15N3O2. The Morgan fingerprint density at radius 1 is 1.05 bits per heavy atom. The third kappa shape index (κ3) is 2.25. The van der Waals surface area contributed by atoms with Crippen LogP contribution in [0.3, 0.4) is 0 Å². The van der Waals surface area contributed by atoms with E-state index in [9.17, 15) is 0 Å². The number of methoxy groups -OCH3 is 2. The molecule has 0 amide bonds. The van der Waals surface area contributed by atoms with E-state index in [0.717, 1.165) is 33.9 Å². The lowest BCUT2D eigenvalue weighted by molar-refractivity contribution is 0.395. The van der Waals surface area contributed by atoms with Crippen LogP contribution in [0, 0.1) is 0 Å². The maximum Gasteiger partial charge on any atom is 0.145 e. The summed E-state index contributed by atoms with van der Waals surface area (Å²) in [6, 6.07) is 11.6. The van der Waals surface area contributed by atoms with Crippen molar-refractivity contribution in [3.8, 4) is 11.5 Å². The van der Waals surface area contributed by atoms with Crippen LogP contribution in [-0.4, -0.2) is 24.2 Å². The number of aromatic nitrogens is 2. The molecule has 1 aromatic heterocycles. The van der Waals surface area contributed by atoms with Gasteiger partial charge in [-0.25, -0.2) is 4.98 Å². The summed E-state index contributed by atoms with van der Waals surface area (Å²) in [5, 5.41) is 3.33. The van der Waals surface area contributed by atoms with E-state index in [0.29, 0.717) is 0 Å². The molecule has 0 radical (unpaired) electrons. The van der Waals surface area contributed by atoms with Gasteiger partial charge in [0.15, 0.2) is 0 Å². The van der Waals surface area contributed by atoms with Crippen molar-refractivity contribution in [1.29, 1.82) is 0 Å². The van der Waals surface area contributed by atoms with Gasteiger partial charge in [-0.2, -0.15) is 0 Å². The fourth-order valence-corrected chi connectivity index (χ4v) is 2.07. The van der Waals surface area contributed by atoms with Crippen molar-refractivity contribution in [3.05, 3.63) is 42.7 Å². The molecule has 0 saturated heterocycles. The number of hydrogen-bond acceptors (Lipinski definition) is 4. The third-order valence-electron chi connectivity index (χ3n) is 3.11. The predicted molar refractivity (Wildman–Crippen MR) is 78.9 cm³/mol. The quantitative estimate of drug-likeness (QED) is 0.762. The van der Waals surface area contributed by atoms with E-state index in [1.807, 2.05) is 36.4 Å². The number of nitrogens with zero attached hydrogens (tertiary/aromatic N) is 1. The van der Waals surface area contributed by atoms with Crippen molar-refractivity contribution in [2.75, 3.05) is 19.5 Å². The van der Waals surface area contributed by atoms with Crippen LogP contribution in [0.1, 0.15) is 0 Å². The van der Waals surface area contributed by atoms with Gasteiger partial charge >= 0.3 is 0 Å². The molecule has 1 heterocycles. The number of imidazole rings is 1. The molecule has 2 aromatic carbocycles. The largest absolute Gasteiger partial charge is 0.497 e. The molecule has 0 atom stereocenters. The van der Waals surface area contributed by atoms with Crippen molar-refractivity contribution < 1.29 is 9.47 Å². The van der Waals surface area contributed by atoms with E-state index >= 15 is 0 Å². The van der Waals surface area contributed by atoms with Crippen molar-refractivity contribution in [2.45, 2.75) is 0 Å². The fourth-order valence-electron chi connectivity index (χ4n) is 2.07. The van der Waals surface area contributed by atoms with Gasteiger partial charge in [0.05, 0.1) is 37.3 Å². The molecule has 0 fully saturated rings. The molecule has 5 nitrogen and oxygen atoms in total. The maximum absolute atomic E-state index is 5.37. The van der Waals surface area contributed by atoms with Crippen LogP contribution in [0.25, 0.3) is 11.0 Å². The first-order chi connectivity index (χ1) is 9.80. The van der Waals surface area contributed by atoms with Crippen LogP contribution in [0.5, 0.6) is 11.5 Å². The van der Waals surface area contributed by atoms with Crippen LogP contribution in [-0.2, 0) is 0 Å². The Kier molecular flexibility index (Phi) is 3.16. The highest BCUT2D eigenvalue weighted by atomic mass is 16.5. The molecule has 0 saturated carbocycles. The summed E-state index contributed by atoms with van der Waals surface area (Å²) in [4.78, 5) is 7.29. The lowest BCUT2D eigenvalue weighted by Gasteiger charge is -2.12. The van der Waals surface area contributed by atoms with E-state index in [2.05, 4.69) is 15.3 Å². The molecule has 0 aliphatic heterocycles. The molecule has 0 aliphatic rings. The van der Waals surface area contributed by atoms with Gasteiger partial charge < -0.3 is 19.8 Å². The first-order valence-corrected chi connectivity index (χ1v) is 6.22. The lowest BCUT2D eigenvalue weighted by Crippen LogP contribution is -1.95. The molecule has 5 heteroatoms. The number of anilines is 2. The molecule has 3 aromatic rings. The summed E-state index contributed by atoms with van der Waals surface area (Å²) < 4.78 is 10.6. The second-order valence-corrected chi connectivity index (χ2v) is 4.33. The van der Waals surface area contributed by atoms with Gasteiger partial charge in [-0.1, -0.05) is 0 Å². The zero-order valence-corrected chi connectivity index (χ0v) is 11.3. The van der Waals surface area contributed by atoms with E-state index in [1.54, 1.807) is 20.5 Å². The summed E-state index contributed by atoms with van der Waals surface area (Å²) in [6.07, 6.45) is 1.68. The molecule has 0 unspecified atom stereocenters. The van der Waals surface area contributed by atoms with E-state index in [4.69, 9.17) is 9.47 Å². The minimum atomic E-state index is 0.731. The number of nitrogens with one attached hydrogen (secondary N) is 2. The molecule has 20 heavy (non-hydrogen) atoms. The van der Waals surface area contributed by atoms with Crippen molar-refractivity contribution in [2.24, 2.45) is 0 Å². The Balaban J connectivity index is 1.93. The first-order valence-electron chi connectivity index (χ1n) is 6.22. The number of fused-ring (bicyclic) bond motifs is 1. The normalized spacial score (nSPS) is 10.5. The van der Waals surface area contributed by atoms with Crippen molar-refractivity contribution in [1.82, 2.24) is 9.97 Å². The first kappa shape index (κ1) is 12.3. The van der Waals surface area contributed by atoms with E-state index < -0.39 is 0 Å². The number of benzene rings is 2. The third-order valence-corrected chi connectivity index (χ3v) is 3.11. The van der Waals surface area contributed by atoms with Gasteiger partial charge in [-0.05, 0) is 30.3 Å². The van der Waals surface area contributed by atoms with Gasteiger partial charge in [0, 0.05) is 11.8 Å². The highest BCUT2D eigenvalue weighted by Gasteiger charge is 2.06.